The van der Waals surface area contributed by atoms with E-state index >= 15 is 0 Å². The van der Waals surface area contributed by atoms with E-state index in [2.05, 4.69) is 0 Å². The van der Waals surface area contributed by atoms with Crippen molar-refractivity contribution < 1.29 is 19.1 Å². The van der Waals surface area contributed by atoms with Crippen LogP contribution in [0.3, 0.4) is 0 Å². The maximum atomic E-state index is 7.36. The fourth-order valence-corrected chi connectivity index (χ4v) is 0.230. The molecule has 6 heavy (non-hydrogen) atoms. The molecule has 36 valence electrons. The quantitative estimate of drug-likeness (QED) is 0.427. The van der Waals surface area contributed by atoms with Crippen molar-refractivity contribution in [2.24, 2.45) is 0 Å². The largest absolute Gasteiger partial charge is 0.346 e. The first-order valence-electron chi connectivity index (χ1n) is 6.54. The molecule has 0 unspecified atom stereocenters. The van der Waals surface area contributed by atoms with Crippen molar-refractivity contribution in [3.8, 4) is 0 Å². The van der Waals surface area contributed by atoms with Gasteiger partial charge in [0.15, 0.2) is 0 Å². The lowest BCUT2D eigenvalue weighted by Crippen LogP contribution is -2.85. The summed E-state index contributed by atoms with van der Waals surface area (Å²) >= 11 is 0. The van der Waals surface area contributed by atoms with Gasteiger partial charge >= 0.3 is 2.82 Å². The summed E-state index contributed by atoms with van der Waals surface area (Å²) < 4.78 is 73.4. The fraction of sp³-hybridized carbons (Fsp3) is 1.00. The molecule has 1 heterocycles. The maximum Gasteiger partial charge on any atom is 0.346 e. The molecule has 0 aromatic rings. The van der Waals surface area contributed by atoms with Gasteiger partial charge in [-0.15, -0.1) is 0 Å². The van der Waals surface area contributed by atoms with Crippen molar-refractivity contribution in [2.45, 2.75) is 19.1 Å². The molecule has 0 aromatic carbocycles. The van der Waals surface area contributed by atoms with Gasteiger partial charge in [-0.05, 0) is 19.1 Å². The Bertz CT molecular complexity index is 278. The van der Waals surface area contributed by atoms with E-state index in [9.17, 15) is 0 Å². The molecule has 1 saturated heterocycles. The maximum absolute atomic E-state index is 7.36. The van der Waals surface area contributed by atoms with Crippen molar-refractivity contribution in [2.75, 3.05) is 13.0 Å². The van der Waals surface area contributed by atoms with Crippen LogP contribution in [0.1, 0.15) is 30.1 Å². The second-order valence-corrected chi connectivity index (χ2v) is 0.855. The fourth-order valence-electron chi connectivity index (χ4n) is 0.230. The van der Waals surface area contributed by atoms with E-state index in [1.54, 1.807) is 0 Å². The lowest BCUT2D eigenvalue weighted by atomic mass is 10.2. The third kappa shape index (κ3) is 0.977. The smallest absolute Gasteiger partial charge is 0.346 e. The summed E-state index contributed by atoms with van der Waals surface area (Å²) in [6.07, 6.45) is -9.16. The van der Waals surface area contributed by atoms with Crippen molar-refractivity contribution in [3.63, 3.8) is 0 Å². The first kappa shape index (κ1) is 0.576. The van der Waals surface area contributed by atoms with E-state index in [1.807, 2.05) is 0 Å². The van der Waals surface area contributed by atoms with Crippen LogP contribution in [-0.2, 0) is 0 Å². The third-order valence-electron chi connectivity index (χ3n) is 0.444. The normalized spacial score (nSPS) is 90.7. The third-order valence-corrected chi connectivity index (χ3v) is 0.444. The van der Waals surface area contributed by atoms with E-state index in [0.717, 1.165) is 0 Å². The first-order chi connectivity index (χ1) is 6.71. The molecule has 0 aromatic heterocycles. The molecule has 0 bridgehead atoms. The van der Waals surface area contributed by atoms with Crippen LogP contribution in [-0.4, -0.2) is 13.0 Å². The van der Waals surface area contributed by atoms with Crippen LogP contribution in [0.2, 0.25) is 2.82 Å². The average Bonchev–Trinajstić information content (AvgIpc) is 1.98. The zero-order valence-corrected chi connectivity index (χ0v) is 3.15. The second kappa shape index (κ2) is 2.19. The number of quaternary nitrogens is 1. The van der Waals surface area contributed by atoms with Crippen molar-refractivity contribution >= 4 is 0 Å². The summed E-state index contributed by atoms with van der Waals surface area (Å²) in [5.41, 5.74) is 0. The topological polar surface area (TPSA) is 16.6 Å². The molecule has 0 radical (unpaired) electrons. The molecule has 1 nitrogen and oxygen atoms in total. The molecule has 1 aliphatic rings. The van der Waals surface area contributed by atoms with E-state index in [1.165, 1.54) is 0 Å². The van der Waals surface area contributed by atoms with Gasteiger partial charge in [0.2, 0.25) is 0 Å². The zero-order valence-electron chi connectivity index (χ0n) is 13.2. The van der Waals surface area contributed by atoms with E-state index in [-0.39, 0.29) is 0 Å². The van der Waals surface area contributed by atoms with Gasteiger partial charge in [-0.3, -0.25) is 0 Å². The minimum Gasteiger partial charge on any atom is -0.346 e. The zero-order chi connectivity index (χ0) is 13.2. The van der Waals surface area contributed by atoms with Gasteiger partial charge in [-0.1, -0.05) is 0 Å². The summed E-state index contributed by atoms with van der Waals surface area (Å²) in [6, 6.07) is 0. The molecular weight excluding hydrogens is 74.1 g/mol. The van der Waals surface area contributed by atoms with Crippen LogP contribution in [0.4, 0.5) is 0 Å². The monoisotopic (exact) mass is 96.2 g/mol. The summed E-state index contributed by atoms with van der Waals surface area (Å²) in [5.74, 6) is 0. The van der Waals surface area contributed by atoms with Crippen LogP contribution < -0.4 is 5.30 Å². The van der Waals surface area contributed by atoms with E-state index in [0.29, 0.717) is 0 Å². The number of nitrogens with two attached hydrogens (primary N) is 1. The van der Waals surface area contributed by atoms with Crippen LogP contribution in [0.5, 0.6) is 0 Å². The van der Waals surface area contributed by atoms with Gasteiger partial charge in [0, 0.05) is 8.22 Å². The SMILES string of the molecule is [2H]C1([2H])C[N+]([2H])([2H])C([2H])([2H])C([2H])([2H])C1([2H])[2H]. The van der Waals surface area contributed by atoms with E-state index < -0.39 is 37.5 Å². The van der Waals surface area contributed by atoms with Crippen LogP contribution in [0.25, 0.3) is 0 Å². The predicted molar refractivity (Wildman–Crippen MR) is 25.5 cm³/mol. The van der Waals surface area contributed by atoms with Crippen LogP contribution in [0, 0.1) is 0 Å². The molecular formula is C5H12N+. The molecule has 0 atom stereocenters. The Kier molecular flexibility index (Phi) is 0.210. The van der Waals surface area contributed by atoms with Gasteiger partial charge in [0.1, 0.15) is 0 Å². The minimum absolute atomic E-state index is 1.08. The molecule has 2 N–H and O–H groups in total. The highest BCUT2D eigenvalue weighted by Gasteiger charge is 1.97. The average molecular weight is 96.2 g/mol. The highest BCUT2D eigenvalue weighted by Crippen LogP contribution is 1.91. The summed E-state index contributed by atoms with van der Waals surface area (Å²) in [7, 11) is 0. The summed E-state index contributed by atoms with van der Waals surface area (Å²) in [5, 5.41) is -2.05. The minimum atomic E-state index is -3.27. The predicted octanol–water partition coefficient (Wildman–Crippen LogP) is -0.266. The Morgan fingerprint density at radius 2 is 2.50 bits per heavy atom. The Hall–Kier alpha value is -0.0400. The molecule has 0 aliphatic carbocycles. The van der Waals surface area contributed by atoms with Crippen LogP contribution >= 0.6 is 0 Å². The summed E-state index contributed by atoms with van der Waals surface area (Å²) in [6.45, 7) is -4.23. The van der Waals surface area contributed by atoms with Gasteiger partial charge in [-0.25, -0.2) is 0 Å². The number of piperidine rings is 1. The lowest BCUT2D eigenvalue weighted by Gasteiger charge is -2.05. The van der Waals surface area contributed by atoms with Gasteiger partial charge in [-0.2, -0.15) is 0 Å². The second-order valence-electron chi connectivity index (χ2n) is 0.855. The molecule has 0 spiro atoms. The summed E-state index contributed by atoms with van der Waals surface area (Å²) in [4.78, 5) is 0. The molecule has 1 rings (SSSR count). The van der Waals surface area contributed by atoms with E-state index in [4.69, 9.17) is 13.8 Å². The standard InChI is InChI=1S/C5H11N/c1-2-4-6-5-3-1/h6H,1-5H2/p+1/i1D2,2D2,3D2,4D2/hD2. The Morgan fingerprint density at radius 1 is 1.50 bits per heavy atom. The molecule has 1 fully saturated rings. The number of rotatable bonds is 0. The Balaban J connectivity index is 3.43. The van der Waals surface area contributed by atoms with Gasteiger partial charge in [0.05, 0.1) is 15.8 Å². The molecule has 1 heteroatoms. The van der Waals surface area contributed by atoms with Crippen LogP contribution in [0.15, 0.2) is 0 Å². The van der Waals surface area contributed by atoms with Crippen molar-refractivity contribution in [3.05, 3.63) is 0 Å². The van der Waals surface area contributed by atoms with Crippen molar-refractivity contribution in [1.29, 1.82) is 0 Å². The number of hydrogen-bond donors (Lipinski definition) is 1. The van der Waals surface area contributed by atoms with Gasteiger partial charge in [0.25, 0.3) is 0 Å². The highest BCUT2D eigenvalue weighted by atomic mass is 14.9. The molecule has 0 amide bonds. The highest BCUT2D eigenvalue weighted by molar-refractivity contribution is 4.40. The molecule has 1 aliphatic heterocycles. The number of hydrogen-bond acceptors (Lipinski definition) is 0. The van der Waals surface area contributed by atoms with Crippen molar-refractivity contribution in [1.82, 2.24) is 0 Å². The Labute approximate surface area is 52.9 Å². The first-order valence-corrected chi connectivity index (χ1v) is 1.64. The van der Waals surface area contributed by atoms with Gasteiger partial charge < -0.3 is 5.30 Å². The lowest BCUT2D eigenvalue weighted by molar-refractivity contribution is -0.662. The molecule has 0 saturated carbocycles. The Morgan fingerprint density at radius 3 is 3.50 bits per heavy atom.